The summed E-state index contributed by atoms with van der Waals surface area (Å²) in [7, 11) is 0. The standard InChI is InChI=1S/C24H24N6O3/c1-13-9-17(7-8-32-13)30-21(11-22(31)28-23-14(2)29-33-15(23)3)27-20-12-26-19-6-5-16(25-4)10-18(19)24(20)30/h5-6,10,12-13,17H,7-9,11H2,1-3H3,(H,28,31)/t13-,17-/m1/s1. The lowest BCUT2D eigenvalue weighted by molar-refractivity contribution is -0.115. The summed E-state index contributed by atoms with van der Waals surface area (Å²) >= 11 is 0. The highest BCUT2D eigenvalue weighted by molar-refractivity contribution is 6.04. The van der Waals surface area contributed by atoms with Crippen LogP contribution >= 0.6 is 0 Å². The minimum Gasteiger partial charge on any atom is -0.378 e. The lowest BCUT2D eigenvalue weighted by Gasteiger charge is -2.30. The minimum absolute atomic E-state index is 0.0917. The molecule has 3 aromatic heterocycles. The Balaban J connectivity index is 1.63. The quantitative estimate of drug-likeness (QED) is 0.460. The van der Waals surface area contributed by atoms with Gasteiger partial charge in [0.25, 0.3) is 0 Å². The molecule has 1 N–H and O–H groups in total. The van der Waals surface area contributed by atoms with Gasteiger partial charge in [0.1, 0.15) is 22.7 Å². The molecule has 4 heterocycles. The molecule has 0 spiro atoms. The van der Waals surface area contributed by atoms with Crippen molar-refractivity contribution in [2.75, 3.05) is 11.9 Å². The molecule has 0 radical (unpaired) electrons. The summed E-state index contributed by atoms with van der Waals surface area (Å²) in [6.45, 7) is 13.7. The van der Waals surface area contributed by atoms with Gasteiger partial charge < -0.3 is 19.1 Å². The van der Waals surface area contributed by atoms with E-state index in [1.165, 1.54) is 0 Å². The SMILES string of the molecule is [C-]#[N+]c1ccc2ncc3nc(CC(=O)Nc4c(C)noc4C)n([C@@H]4CCO[C@H](C)C4)c3c2c1. The predicted octanol–water partition coefficient (Wildman–Crippen LogP) is 4.66. The number of imidazole rings is 1. The first-order valence-corrected chi connectivity index (χ1v) is 11.0. The Labute approximate surface area is 190 Å². The molecule has 9 nitrogen and oxygen atoms in total. The molecule has 0 bridgehead atoms. The Morgan fingerprint density at radius 1 is 1.33 bits per heavy atom. The van der Waals surface area contributed by atoms with Crippen LogP contribution in [0.15, 0.2) is 28.9 Å². The fourth-order valence-corrected chi connectivity index (χ4v) is 4.60. The van der Waals surface area contributed by atoms with Gasteiger partial charge in [-0.05, 0) is 45.7 Å². The zero-order valence-electron chi connectivity index (χ0n) is 18.8. The summed E-state index contributed by atoms with van der Waals surface area (Å²) in [6, 6.07) is 5.61. The van der Waals surface area contributed by atoms with E-state index in [2.05, 4.69) is 31.8 Å². The molecule has 0 aliphatic carbocycles. The number of aryl methyl sites for hydroxylation is 2. The summed E-state index contributed by atoms with van der Waals surface area (Å²) in [5, 5.41) is 7.69. The van der Waals surface area contributed by atoms with Gasteiger partial charge in [-0.15, -0.1) is 0 Å². The Bertz CT molecular complexity index is 1390. The van der Waals surface area contributed by atoms with E-state index in [0.717, 1.165) is 29.3 Å². The molecule has 33 heavy (non-hydrogen) atoms. The Kier molecular flexibility index (Phi) is 5.30. The van der Waals surface area contributed by atoms with Gasteiger partial charge in [0.15, 0.2) is 11.4 Å². The molecular weight excluding hydrogens is 420 g/mol. The number of nitrogens with zero attached hydrogens (tertiary/aromatic N) is 5. The van der Waals surface area contributed by atoms with Crippen LogP contribution in [-0.4, -0.2) is 38.3 Å². The Morgan fingerprint density at radius 2 is 2.18 bits per heavy atom. The number of pyridine rings is 1. The number of ether oxygens (including phenoxy) is 1. The maximum atomic E-state index is 13.0. The molecule has 1 aliphatic heterocycles. The number of rotatable bonds is 4. The lowest BCUT2D eigenvalue weighted by Crippen LogP contribution is -2.27. The minimum atomic E-state index is -0.194. The molecule has 4 aromatic rings. The molecule has 5 rings (SSSR count). The molecular formula is C24H24N6O3. The number of aromatic nitrogens is 4. The maximum Gasteiger partial charge on any atom is 0.232 e. The van der Waals surface area contributed by atoms with E-state index in [1.807, 2.05) is 12.1 Å². The number of carbonyl (C=O) groups excluding carboxylic acids is 1. The first-order valence-electron chi connectivity index (χ1n) is 11.0. The van der Waals surface area contributed by atoms with Crippen molar-refractivity contribution in [2.24, 2.45) is 0 Å². The van der Waals surface area contributed by atoms with Crippen LogP contribution in [0.25, 0.3) is 26.8 Å². The number of benzene rings is 1. The van der Waals surface area contributed by atoms with Gasteiger partial charge in [0.2, 0.25) is 5.91 Å². The molecule has 1 aliphatic rings. The van der Waals surface area contributed by atoms with Crippen LogP contribution in [0, 0.1) is 20.4 Å². The monoisotopic (exact) mass is 444 g/mol. The van der Waals surface area contributed by atoms with Crippen LogP contribution in [0.4, 0.5) is 11.4 Å². The number of hydrogen-bond acceptors (Lipinski definition) is 6. The zero-order chi connectivity index (χ0) is 23.1. The zero-order valence-corrected chi connectivity index (χ0v) is 18.8. The molecule has 168 valence electrons. The second-order valence-electron chi connectivity index (χ2n) is 8.49. The predicted molar refractivity (Wildman–Crippen MR) is 123 cm³/mol. The third-order valence-corrected chi connectivity index (χ3v) is 6.14. The van der Waals surface area contributed by atoms with Crippen LogP contribution in [0.2, 0.25) is 0 Å². The summed E-state index contributed by atoms with van der Waals surface area (Å²) < 4.78 is 13.1. The van der Waals surface area contributed by atoms with Crippen molar-refractivity contribution >= 4 is 39.2 Å². The average Bonchev–Trinajstić information content (AvgIpc) is 3.33. The third kappa shape index (κ3) is 3.83. The summed E-state index contributed by atoms with van der Waals surface area (Å²) in [5.74, 6) is 1.03. The highest BCUT2D eigenvalue weighted by atomic mass is 16.5. The number of nitrogens with one attached hydrogen (secondary N) is 1. The Morgan fingerprint density at radius 3 is 2.91 bits per heavy atom. The molecule has 1 aromatic carbocycles. The first kappa shape index (κ1) is 21.1. The van der Waals surface area contributed by atoms with Gasteiger partial charge in [-0.25, -0.2) is 9.83 Å². The molecule has 2 atom stereocenters. The molecule has 0 unspecified atom stereocenters. The number of fused-ring (bicyclic) bond motifs is 3. The fraction of sp³-hybridized carbons (Fsp3) is 0.375. The molecule has 9 heteroatoms. The largest absolute Gasteiger partial charge is 0.378 e. The van der Waals surface area contributed by atoms with Crippen LogP contribution in [0.3, 0.4) is 0 Å². The van der Waals surface area contributed by atoms with E-state index in [1.54, 1.807) is 26.1 Å². The highest BCUT2D eigenvalue weighted by Gasteiger charge is 2.27. The normalized spacial score (nSPS) is 18.5. The average molecular weight is 444 g/mol. The smallest absolute Gasteiger partial charge is 0.232 e. The van der Waals surface area contributed by atoms with Crippen LogP contribution in [0.5, 0.6) is 0 Å². The van der Waals surface area contributed by atoms with Crippen molar-refractivity contribution in [2.45, 2.75) is 52.2 Å². The van der Waals surface area contributed by atoms with Gasteiger partial charge in [0.05, 0.1) is 36.3 Å². The molecule has 1 fully saturated rings. The van der Waals surface area contributed by atoms with Crippen molar-refractivity contribution in [3.05, 3.63) is 53.1 Å². The first-order chi connectivity index (χ1) is 15.9. The van der Waals surface area contributed by atoms with Crippen molar-refractivity contribution in [1.82, 2.24) is 19.7 Å². The number of anilines is 1. The van der Waals surface area contributed by atoms with Crippen LogP contribution < -0.4 is 5.32 Å². The van der Waals surface area contributed by atoms with Crippen molar-refractivity contribution in [3.63, 3.8) is 0 Å². The van der Waals surface area contributed by atoms with Gasteiger partial charge in [-0.2, -0.15) is 0 Å². The maximum absolute atomic E-state index is 13.0. The van der Waals surface area contributed by atoms with Crippen molar-refractivity contribution in [3.8, 4) is 0 Å². The molecule has 1 saturated heterocycles. The topological polar surface area (TPSA) is 99.4 Å². The molecule has 1 amide bonds. The number of hydrogen-bond donors (Lipinski definition) is 1. The van der Waals surface area contributed by atoms with E-state index in [9.17, 15) is 4.79 Å². The fourth-order valence-electron chi connectivity index (χ4n) is 4.60. The van der Waals surface area contributed by atoms with Crippen LogP contribution in [-0.2, 0) is 16.0 Å². The van der Waals surface area contributed by atoms with E-state index in [0.29, 0.717) is 40.8 Å². The van der Waals surface area contributed by atoms with Gasteiger partial charge in [0, 0.05) is 18.0 Å². The second-order valence-corrected chi connectivity index (χ2v) is 8.49. The van der Waals surface area contributed by atoms with E-state index < -0.39 is 0 Å². The van der Waals surface area contributed by atoms with Gasteiger partial charge in [-0.1, -0.05) is 11.2 Å². The summed E-state index contributed by atoms with van der Waals surface area (Å²) in [5.41, 5.74) is 4.18. The van der Waals surface area contributed by atoms with Gasteiger partial charge in [-0.3, -0.25) is 9.78 Å². The number of carbonyl (C=O) groups is 1. The van der Waals surface area contributed by atoms with Crippen molar-refractivity contribution < 1.29 is 14.1 Å². The summed E-state index contributed by atoms with van der Waals surface area (Å²) in [6.07, 6.45) is 3.58. The third-order valence-electron chi connectivity index (χ3n) is 6.14. The number of amides is 1. The van der Waals surface area contributed by atoms with Gasteiger partial charge >= 0.3 is 0 Å². The highest BCUT2D eigenvalue weighted by Crippen LogP contribution is 2.35. The van der Waals surface area contributed by atoms with Crippen LogP contribution in [0.1, 0.15) is 43.1 Å². The summed E-state index contributed by atoms with van der Waals surface area (Å²) in [4.78, 5) is 26.0. The van der Waals surface area contributed by atoms with E-state index in [4.69, 9.17) is 20.8 Å². The molecule has 0 saturated carbocycles. The van der Waals surface area contributed by atoms with E-state index >= 15 is 0 Å². The lowest BCUT2D eigenvalue weighted by atomic mass is 10.0. The van der Waals surface area contributed by atoms with E-state index in [-0.39, 0.29) is 24.5 Å². The Hall–Kier alpha value is -3.77. The van der Waals surface area contributed by atoms with Crippen molar-refractivity contribution in [1.29, 1.82) is 0 Å². The second kappa shape index (κ2) is 8.30.